The van der Waals surface area contributed by atoms with E-state index in [1.165, 1.54) is 12.5 Å². The van der Waals surface area contributed by atoms with Crippen molar-refractivity contribution in [3.63, 3.8) is 0 Å². The molecule has 2 nitrogen and oxygen atoms in total. The molecule has 0 N–H and O–H groups in total. The summed E-state index contributed by atoms with van der Waals surface area (Å²) in [5.74, 6) is -0.278. The monoisotopic (exact) mass is 300 g/mol. The quantitative estimate of drug-likeness (QED) is 0.758. The summed E-state index contributed by atoms with van der Waals surface area (Å²) in [5, 5.41) is 0.690. The summed E-state index contributed by atoms with van der Waals surface area (Å²) in [6.07, 6.45) is 2.75. The number of benzene rings is 2. The van der Waals surface area contributed by atoms with Crippen LogP contribution < -0.4 is 0 Å². The van der Waals surface area contributed by atoms with Crippen molar-refractivity contribution in [2.45, 2.75) is 13.3 Å². The summed E-state index contributed by atoms with van der Waals surface area (Å²) < 4.78 is 5.14. The Hall–Kier alpha value is -2.06. The first kappa shape index (κ1) is 15.3. The van der Waals surface area contributed by atoms with E-state index >= 15 is 0 Å². The molecule has 0 atom stereocenters. The maximum atomic E-state index is 11.0. The average molecular weight is 301 g/mol. The molecule has 0 unspecified atom stereocenters. The van der Waals surface area contributed by atoms with E-state index in [4.69, 9.17) is 16.3 Å². The lowest BCUT2D eigenvalue weighted by atomic mass is 10.0. The first-order chi connectivity index (χ1) is 10.1. The Kier molecular flexibility index (Phi) is 5.59. The lowest BCUT2D eigenvalue weighted by Crippen LogP contribution is -2.05. The molecular weight excluding hydrogens is 284 g/mol. The van der Waals surface area contributed by atoms with Crippen LogP contribution in [-0.4, -0.2) is 12.6 Å². The van der Waals surface area contributed by atoms with Gasteiger partial charge < -0.3 is 4.74 Å². The van der Waals surface area contributed by atoms with Crippen LogP contribution in [0.4, 0.5) is 0 Å². The summed E-state index contributed by atoms with van der Waals surface area (Å²) in [6.45, 7) is 1.70. The lowest BCUT2D eigenvalue weighted by molar-refractivity contribution is -0.139. The molecule has 0 radical (unpaired) electrons. The molecule has 0 aliphatic heterocycles. The molecule has 0 aliphatic rings. The zero-order valence-corrected chi connectivity index (χ0v) is 12.6. The van der Waals surface area contributed by atoms with Crippen molar-refractivity contribution in [2.24, 2.45) is 0 Å². The van der Waals surface area contributed by atoms with Crippen molar-refractivity contribution in [3.05, 3.63) is 76.3 Å². The van der Waals surface area contributed by atoms with E-state index in [1.807, 2.05) is 48.5 Å². The van der Waals surface area contributed by atoms with Crippen molar-refractivity contribution >= 4 is 23.6 Å². The number of rotatable bonds is 5. The zero-order chi connectivity index (χ0) is 15.1. The van der Waals surface area contributed by atoms with E-state index in [9.17, 15) is 4.79 Å². The molecule has 0 amide bonds. The fourth-order valence-corrected chi connectivity index (χ4v) is 2.23. The highest BCUT2D eigenvalue weighted by Gasteiger charge is 2.03. The minimum atomic E-state index is -0.278. The summed E-state index contributed by atoms with van der Waals surface area (Å²) in [4.78, 5) is 11.0. The number of carbonyl (C=O) groups is 1. The van der Waals surface area contributed by atoms with E-state index in [2.05, 4.69) is 12.1 Å². The van der Waals surface area contributed by atoms with Gasteiger partial charge in [-0.05, 0) is 35.3 Å². The van der Waals surface area contributed by atoms with Crippen LogP contribution >= 0.6 is 11.6 Å². The zero-order valence-electron chi connectivity index (χ0n) is 11.9. The van der Waals surface area contributed by atoms with Crippen molar-refractivity contribution in [2.75, 3.05) is 6.61 Å². The fraction of sp³-hybridized carbons (Fsp3) is 0.167. The molecule has 2 rings (SSSR count). The number of hydrogen-bond donors (Lipinski definition) is 0. The third-order valence-corrected chi connectivity index (χ3v) is 3.19. The topological polar surface area (TPSA) is 26.3 Å². The molecular formula is C18H17ClO2. The standard InChI is InChI=1S/C18H17ClO2/c1-14(20)21-13-17(10-15-6-3-2-4-7-15)11-16-8-5-9-18(19)12-16/h2-9,11-12H,10,13H2,1H3. The van der Waals surface area contributed by atoms with Crippen LogP contribution in [0.2, 0.25) is 5.02 Å². The third-order valence-electron chi connectivity index (χ3n) is 2.95. The number of ether oxygens (including phenoxy) is 1. The van der Waals surface area contributed by atoms with Gasteiger partial charge in [0, 0.05) is 11.9 Å². The summed E-state index contributed by atoms with van der Waals surface area (Å²) in [7, 11) is 0. The van der Waals surface area contributed by atoms with Crippen LogP contribution in [0, 0.1) is 0 Å². The molecule has 0 heterocycles. The second-order valence-electron chi connectivity index (χ2n) is 4.80. The normalized spacial score (nSPS) is 11.2. The predicted molar refractivity (Wildman–Crippen MR) is 86.2 cm³/mol. The van der Waals surface area contributed by atoms with Gasteiger partial charge in [0.25, 0.3) is 0 Å². The largest absolute Gasteiger partial charge is 0.461 e. The van der Waals surface area contributed by atoms with Crippen molar-refractivity contribution in [1.82, 2.24) is 0 Å². The van der Waals surface area contributed by atoms with Crippen LogP contribution in [0.5, 0.6) is 0 Å². The van der Waals surface area contributed by atoms with Crippen molar-refractivity contribution in [1.29, 1.82) is 0 Å². The highest BCUT2D eigenvalue weighted by Crippen LogP contribution is 2.16. The lowest BCUT2D eigenvalue weighted by Gasteiger charge is -2.09. The van der Waals surface area contributed by atoms with Gasteiger partial charge in [-0.15, -0.1) is 0 Å². The Balaban J connectivity index is 2.20. The molecule has 2 aromatic rings. The molecule has 0 aromatic heterocycles. The van der Waals surface area contributed by atoms with E-state index in [0.29, 0.717) is 5.02 Å². The molecule has 108 valence electrons. The van der Waals surface area contributed by atoms with E-state index in [1.54, 1.807) is 0 Å². The van der Waals surface area contributed by atoms with Gasteiger partial charge in [-0.1, -0.05) is 60.1 Å². The van der Waals surface area contributed by atoms with Crippen LogP contribution in [0.15, 0.2) is 60.2 Å². The first-order valence-corrected chi connectivity index (χ1v) is 7.13. The molecule has 0 spiro atoms. The van der Waals surface area contributed by atoms with Gasteiger partial charge in [-0.2, -0.15) is 0 Å². The van der Waals surface area contributed by atoms with Crippen molar-refractivity contribution < 1.29 is 9.53 Å². The Labute approximate surface area is 130 Å². The van der Waals surface area contributed by atoms with Crippen LogP contribution in [0.25, 0.3) is 6.08 Å². The Morgan fingerprint density at radius 3 is 2.57 bits per heavy atom. The Morgan fingerprint density at radius 2 is 1.90 bits per heavy atom. The summed E-state index contributed by atoms with van der Waals surface area (Å²) in [5.41, 5.74) is 3.21. The Bertz CT molecular complexity index is 633. The second-order valence-corrected chi connectivity index (χ2v) is 5.24. The van der Waals surface area contributed by atoms with Gasteiger partial charge >= 0.3 is 5.97 Å². The van der Waals surface area contributed by atoms with Gasteiger partial charge in [-0.3, -0.25) is 4.79 Å². The molecule has 0 saturated carbocycles. The number of halogens is 1. The maximum Gasteiger partial charge on any atom is 0.302 e. The summed E-state index contributed by atoms with van der Waals surface area (Å²) in [6, 6.07) is 17.7. The van der Waals surface area contributed by atoms with E-state index in [0.717, 1.165) is 17.6 Å². The summed E-state index contributed by atoms with van der Waals surface area (Å²) >= 11 is 6.00. The van der Waals surface area contributed by atoms with Crippen LogP contribution in [0.3, 0.4) is 0 Å². The minimum absolute atomic E-state index is 0.278. The Morgan fingerprint density at radius 1 is 1.14 bits per heavy atom. The third kappa shape index (κ3) is 5.44. The minimum Gasteiger partial charge on any atom is -0.461 e. The second kappa shape index (κ2) is 7.65. The molecule has 2 aromatic carbocycles. The van der Waals surface area contributed by atoms with E-state index in [-0.39, 0.29) is 12.6 Å². The molecule has 0 bridgehead atoms. The van der Waals surface area contributed by atoms with Crippen molar-refractivity contribution in [3.8, 4) is 0 Å². The van der Waals surface area contributed by atoms with Gasteiger partial charge in [0.15, 0.2) is 0 Å². The molecule has 0 saturated heterocycles. The SMILES string of the molecule is CC(=O)OCC(=Cc1cccc(Cl)c1)Cc1ccccc1. The van der Waals surface area contributed by atoms with Crippen LogP contribution in [0.1, 0.15) is 18.1 Å². The maximum absolute atomic E-state index is 11.0. The molecule has 21 heavy (non-hydrogen) atoms. The van der Waals surface area contributed by atoms with E-state index < -0.39 is 0 Å². The fourth-order valence-electron chi connectivity index (χ4n) is 2.03. The number of esters is 1. The average Bonchev–Trinajstić information content (AvgIpc) is 2.46. The van der Waals surface area contributed by atoms with Gasteiger partial charge in [0.1, 0.15) is 6.61 Å². The van der Waals surface area contributed by atoms with Crippen LogP contribution in [-0.2, 0) is 16.0 Å². The smallest absolute Gasteiger partial charge is 0.302 e. The number of carbonyl (C=O) groups excluding carboxylic acids is 1. The molecule has 3 heteroatoms. The van der Waals surface area contributed by atoms with Gasteiger partial charge in [-0.25, -0.2) is 0 Å². The molecule has 0 fully saturated rings. The van der Waals surface area contributed by atoms with Gasteiger partial charge in [0.05, 0.1) is 0 Å². The molecule has 0 aliphatic carbocycles. The highest BCUT2D eigenvalue weighted by atomic mass is 35.5. The number of hydrogen-bond acceptors (Lipinski definition) is 2. The predicted octanol–water partition coefficient (Wildman–Crippen LogP) is 4.53. The highest BCUT2D eigenvalue weighted by molar-refractivity contribution is 6.30. The van der Waals surface area contributed by atoms with Gasteiger partial charge in [0.2, 0.25) is 0 Å². The first-order valence-electron chi connectivity index (χ1n) is 6.76.